The maximum Gasteiger partial charge on any atom is 0.347 e. The molecule has 0 spiro atoms. The second kappa shape index (κ2) is 3.88. The summed E-state index contributed by atoms with van der Waals surface area (Å²) in [6.45, 7) is 0. The van der Waals surface area contributed by atoms with E-state index in [9.17, 15) is 9.18 Å². The summed E-state index contributed by atoms with van der Waals surface area (Å²) in [6, 6.07) is 4.75. The van der Waals surface area contributed by atoms with Gasteiger partial charge in [0.05, 0.1) is 7.11 Å². The van der Waals surface area contributed by atoms with Crippen molar-refractivity contribution in [2.75, 3.05) is 7.11 Å². The Balaban J connectivity index is 2.26. The minimum absolute atomic E-state index is 0.180. The highest BCUT2D eigenvalue weighted by atomic mass is 19.1. The van der Waals surface area contributed by atoms with Crippen LogP contribution in [-0.4, -0.2) is 19.2 Å². The van der Waals surface area contributed by atoms with E-state index in [-0.39, 0.29) is 5.75 Å². The van der Waals surface area contributed by atoms with Gasteiger partial charge in [-0.1, -0.05) is 12.1 Å². The van der Waals surface area contributed by atoms with Crippen LogP contribution in [0.25, 0.3) is 0 Å². The van der Waals surface area contributed by atoms with Crippen LogP contribution in [0.15, 0.2) is 18.2 Å². The van der Waals surface area contributed by atoms with Crippen molar-refractivity contribution in [2.45, 2.75) is 18.9 Å². The zero-order valence-corrected chi connectivity index (χ0v) is 8.33. The maximum atomic E-state index is 13.3. The highest BCUT2D eigenvalue weighted by molar-refractivity contribution is 5.75. The van der Waals surface area contributed by atoms with Gasteiger partial charge in [0, 0.05) is 0 Å². The first-order chi connectivity index (χ1) is 7.22. The largest absolute Gasteiger partial charge is 0.475 e. The normalized spacial score (nSPS) is 18.9. The highest BCUT2D eigenvalue weighted by Gasteiger charge is 2.28. The Hall–Kier alpha value is -1.58. The first-order valence-corrected chi connectivity index (χ1v) is 4.74. The van der Waals surface area contributed by atoms with E-state index in [0.717, 1.165) is 5.56 Å². The van der Waals surface area contributed by atoms with Crippen LogP contribution in [0.2, 0.25) is 0 Å². The molecule has 1 aromatic carbocycles. The zero-order chi connectivity index (χ0) is 10.8. The summed E-state index contributed by atoms with van der Waals surface area (Å²) in [4.78, 5) is 11.2. The van der Waals surface area contributed by atoms with Crippen LogP contribution in [0.5, 0.6) is 5.75 Å². The molecule has 1 atom stereocenters. The predicted octanol–water partition coefficient (Wildman–Crippen LogP) is 1.69. The first kappa shape index (κ1) is 9.96. The van der Waals surface area contributed by atoms with Gasteiger partial charge in [0.2, 0.25) is 0 Å². The lowest BCUT2D eigenvalue weighted by molar-refractivity contribution is -0.149. The van der Waals surface area contributed by atoms with E-state index >= 15 is 0 Å². The smallest absolute Gasteiger partial charge is 0.347 e. The molecule has 4 heteroatoms. The van der Waals surface area contributed by atoms with Crippen LogP contribution in [0.3, 0.4) is 0 Å². The molecule has 0 N–H and O–H groups in total. The maximum absolute atomic E-state index is 13.3. The van der Waals surface area contributed by atoms with Gasteiger partial charge < -0.3 is 9.47 Å². The van der Waals surface area contributed by atoms with Crippen LogP contribution in [0, 0.1) is 5.82 Å². The van der Waals surface area contributed by atoms with Gasteiger partial charge >= 0.3 is 5.97 Å². The summed E-state index contributed by atoms with van der Waals surface area (Å²) in [6.07, 6.45) is 0.482. The number of ether oxygens (including phenoxy) is 2. The van der Waals surface area contributed by atoms with Gasteiger partial charge in [-0.15, -0.1) is 0 Å². The molecular formula is C11H11FO3. The predicted molar refractivity (Wildman–Crippen MR) is 51.2 cm³/mol. The van der Waals surface area contributed by atoms with Gasteiger partial charge in [0.25, 0.3) is 0 Å². The van der Waals surface area contributed by atoms with Gasteiger partial charge in [-0.05, 0) is 24.5 Å². The van der Waals surface area contributed by atoms with E-state index < -0.39 is 17.9 Å². The average Bonchev–Trinajstić information content (AvgIpc) is 2.28. The number of carbonyl (C=O) groups is 1. The minimum atomic E-state index is -0.681. The van der Waals surface area contributed by atoms with Gasteiger partial charge in [0.1, 0.15) is 0 Å². The fourth-order valence-electron chi connectivity index (χ4n) is 1.67. The van der Waals surface area contributed by atoms with Gasteiger partial charge in [0.15, 0.2) is 17.7 Å². The lowest BCUT2D eigenvalue weighted by Gasteiger charge is -2.24. The van der Waals surface area contributed by atoms with Crippen LogP contribution in [-0.2, 0) is 16.0 Å². The SMILES string of the molecule is COC(=O)C1CCc2cccc(F)c2O1. The van der Waals surface area contributed by atoms with Gasteiger partial charge in [-0.2, -0.15) is 0 Å². The van der Waals surface area contributed by atoms with Crippen molar-refractivity contribution in [3.05, 3.63) is 29.6 Å². The minimum Gasteiger partial charge on any atom is -0.475 e. The standard InChI is InChI=1S/C11H11FO3/c1-14-11(13)9-6-5-7-3-2-4-8(12)10(7)15-9/h2-4,9H,5-6H2,1H3. The molecular weight excluding hydrogens is 199 g/mol. The molecule has 0 radical (unpaired) electrons. The van der Waals surface area contributed by atoms with E-state index in [1.807, 2.05) is 0 Å². The van der Waals surface area contributed by atoms with Gasteiger partial charge in [-0.3, -0.25) is 0 Å². The van der Waals surface area contributed by atoms with E-state index in [1.165, 1.54) is 13.2 Å². The molecule has 1 heterocycles. The van der Waals surface area contributed by atoms with E-state index in [0.29, 0.717) is 12.8 Å². The molecule has 0 bridgehead atoms. The average molecular weight is 210 g/mol. The van der Waals surface area contributed by atoms with E-state index in [1.54, 1.807) is 12.1 Å². The van der Waals surface area contributed by atoms with Crippen LogP contribution >= 0.6 is 0 Å². The molecule has 0 fully saturated rings. The Bertz CT molecular complexity index is 389. The second-order valence-electron chi connectivity index (χ2n) is 3.40. The third-order valence-corrected chi connectivity index (χ3v) is 2.45. The second-order valence-corrected chi connectivity index (χ2v) is 3.40. The first-order valence-electron chi connectivity index (χ1n) is 4.74. The molecule has 3 nitrogen and oxygen atoms in total. The highest BCUT2D eigenvalue weighted by Crippen LogP contribution is 2.30. The number of hydrogen-bond donors (Lipinski definition) is 0. The number of esters is 1. The number of benzene rings is 1. The summed E-state index contributed by atoms with van der Waals surface area (Å²) in [5.41, 5.74) is 0.801. The number of aryl methyl sites for hydroxylation is 1. The number of hydrogen-bond acceptors (Lipinski definition) is 3. The number of carbonyl (C=O) groups excluding carboxylic acids is 1. The van der Waals surface area contributed by atoms with Crippen LogP contribution in [0.1, 0.15) is 12.0 Å². The summed E-state index contributed by atoms with van der Waals surface area (Å²) < 4.78 is 23.2. The molecule has 1 aliphatic heterocycles. The topological polar surface area (TPSA) is 35.5 Å². The van der Waals surface area contributed by atoms with Crippen molar-refractivity contribution in [3.63, 3.8) is 0 Å². The quantitative estimate of drug-likeness (QED) is 0.662. The number of halogens is 1. The Morgan fingerprint density at radius 1 is 1.60 bits per heavy atom. The third kappa shape index (κ3) is 1.79. The molecule has 0 aliphatic carbocycles. The zero-order valence-electron chi connectivity index (χ0n) is 8.33. The lowest BCUT2D eigenvalue weighted by atomic mass is 10.0. The Morgan fingerprint density at radius 3 is 3.13 bits per heavy atom. The van der Waals surface area contributed by atoms with Crippen molar-refractivity contribution in [1.29, 1.82) is 0 Å². The molecule has 1 aliphatic rings. The summed E-state index contributed by atoms with van der Waals surface area (Å²) in [5, 5.41) is 0. The van der Waals surface area contributed by atoms with Crippen LogP contribution in [0.4, 0.5) is 4.39 Å². The van der Waals surface area contributed by atoms with Crippen LogP contribution < -0.4 is 4.74 Å². The molecule has 80 valence electrons. The molecule has 15 heavy (non-hydrogen) atoms. The molecule has 0 saturated heterocycles. The van der Waals surface area contributed by atoms with Gasteiger partial charge in [-0.25, -0.2) is 9.18 Å². The molecule has 0 aromatic heterocycles. The van der Waals surface area contributed by atoms with E-state index in [4.69, 9.17) is 4.74 Å². The molecule has 2 rings (SSSR count). The Kier molecular flexibility index (Phi) is 2.58. The van der Waals surface area contributed by atoms with Crippen molar-refractivity contribution >= 4 is 5.97 Å². The Labute approximate surface area is 86.8 Å². The fraction of sp³-hybridized carbons (Fsp3) is 0.364. The summed E-state index contributed by atoms with van der Waals surface area (Å²) in [7, 11) is 1.29. The monoisotopic (exact) mass is 210 g/mol. The van der Waals surface area contributed by atoms with Crippen molar-refractivity contribution in [2.24, 2.45) is 0 Å². The molecule has 0 amide bonds. The third-order valence-electron chi connectivity index (χ3n) is 2.45. The summed E-state index contributed by atoms with van der Waals surface area (Å²) >= 11 is 0. The number of para-hydroxylation sites is 1. The lowest BCUT2D eigenvalue weighted by Crippen LogP contribution is -2.32. The number of fused-ring (bicyclic) bond motifs is 1. The summed E-state index contributed by atoms with van der Waals surface area (Å²) in [5.74, 6) is -0.704. The Morgan fingerprint density at radius 2 is 2.40 bits per heavy atom. The fourth-order valence-corrected chi connectivity index (χ4v) is 1.67. The van der Waals surface area contributed by atoms with Crippen molar-refractivity contribution in [3.8, 4) is 5.75 Å². The molecule has 0 saturated carbocycles. The number of methoxy groups -OCH3 is 1. The van der Waals surface area contributed by atoms with Crippen molar-refractivity contribution < 1.29 is 18.7 Å². The van der Waals surface area contributed by atoms with Crippen molar-refractivity contribution in [1.82, 2.24) is 0 Å². The molecule has 1 aromatic rings. The van der Waals surface area contributed by atoms with E-state index in [2.05, 4.69) is 4.74 Å². The number of rotatable bonds is 1. The molecule has 1 unspecified atom stereocenters.